The van der Waals surface area contributed by atoms with Gasteiger partial charge in [0.1, 0.15) is 0 Å². The third kappa shape index (κ3) is 18.8. The molecule has 2 N–H and O–H groups in total. The lowest BCUT2D eigenvalue weighted by Gasteiger charge is -2.01. The van der Waals surface area contributed by atoms with Gasteiger partial charge in [-0.15, -0.1) is 0 Å². The maximum Gasteiger partial charge on any atom is -0.00624 e. The molecule has 21 heavy (non-hydrogen) atoms. The van der Waals surface area contributed by atoms with E-state index in [1.165, 1.54) is 76.8 Å². The summed E-state index contributed by atoms with van der Waals surface area (Å²) in [5.74, 6) is 0. The van der Waals surface area contributed by atoms with Gasteiger partial charge in [0.25, 0.3) is 0 Å². The molecular formula is C20H35N. The number of hydrogen-bond donors (Lipinski definition) is 1. The van der Waals surface area contributed by atoms with E-state index in [2.05, 4.69) is 25.2 Å². The molecule has 1 heteroatoms. The zero-order chi connectivity index (χ0) is 15.4. The van der Waals surface area contributed by atoms with Gasteiger partial charge in [-0.25, -0.2) is 0 Å². The number of unbranched alkanes of at least 4 members (excludes halogenated alkanes) is 10. The molecule has 120 valence electrons. The van der Waals surface area contributed by atoms with Gasteiger partial charge in [-0.2, -0.15) is 0 Å². The summed E-state index contributed by atoms with van der Waals surface area (Å²) in [6.45, 7) is 2.28. The van der Waals surface area contributed by atoms with E-state index in [1.807, 2.05) is 24.3 Å². The molecule has 0 aliphatic rings. The first-order valence-electron chi connectivity index (χ1n) is 8.78. The van der Waals surface area contributed by atoms with Crippen molar-refractivity contribution in [1.29, 1.82) is 0 Å². The van der Waals surface area contributed by atoms with E-state index in [0.717, 1.165) is 0 Å². The third-order valence-corrected chi connectivity index (χ3v) is 3.53. The standard InChI is InChI=1S/C20H35N/c1-2-3-4-5-6-7-8-9-10-11-12-13-14-15-16-17-18-19-20-21/h13-20H,2-12,21H2,1H3/b14-13+,16-15+,18-17+,20-19+. The second-order valence-corrected chi connectivity index (χ2v) is 5.55. The van der Waals surface area contributed by atoms with Crippen LogP contribution in [-0.4, -0.2) is 0 Å². The lowest BCUT2D eigenvalue weighted by molar-refractivity contribution is 0.557. The van der Waals surface area contributed by atoms with Gasteiger partial charge in [-0.05, 0) is 25.1 Å². The van der Waals surface area contributed by atoms with Crippen LogP contribution in [-0.2, 0) is 0 Å². The van der Waals surface area contributed by atoms with Crippen LogP contribution in [0, 0.1) is 0 Å². The highest BCUT2D eigenvalue weighted by Crippen LogP contribution is 2.11. The maximum atomic E-state index is 5.23. The van der Waals surface area contributed by atoms with Crippen LogP contribution in [0.2, 0.25) is 0 Å². The van der Waals surface area contributed by atoms with Crippen molar-refractivity contribution in [3.05, 3.63) is 48.7 Å². The summed E-state index contributed by atoms with van der Waals surface area (Å²) in [6, 6.07) is 0. The fourth-order valence-electron chi connectivity index (χ4n) is 2.25. The van der Waals surface area contributed by atoms with Gasteiger partial charge in [0.15, 0.2) is 0 Å². The molecule has 0 aliphatic heterocycles. The second kappa shape index (κ2) is 18.8. The predicted molar refractivity (Wildman–Crippen MR) is 97.2 cm³/mol. The highest BCUT2D eigenvalue weighted by molar-refractivity contribution is 5.14. The Balaban J connectivity index is 3.21. The zero-order valence-electron chi connectivity index (χ0n) is 14.0. The fourth-order valence-corrected chi connectivity index (χ4v) is 2.25. The summed E-state index contributed by atoms with van der Waals surface area (Å²) in [4.78, 5) is 0. The highest BCUT2D eigenvalue weighted by atomic mass is 14.5. The van der Waals surface area contributed by atoms with E-state index in [4.69, 9.17) is 5.73 Å². The van der Waals surface area contributed by atoms with Crippen molar-refractivity contribution in [2.75, 3.05) is 0 Å². The van der Waals surface area contributed by atoms with Crippen LogP contribution in [0.1, 0.15) is 77.6 Å². The Labute approximate surface area is 132 Å². The molecule has 0 atom stereocenters. The molecule has 0 saturated carbocycles. The van der Waals surface area contributed by atoms with Gasteiger partial charge in [0.2, 0.25) is 0 Å². The highest BCUT2D eigenvalue weighted by Gasteiger charge is 1.91. The smallest absolute Gasteiger partial charge is 0.00624 e. The molecule has 0 aromatic rings. The summed E-state index contributed by atoms with van der Waals surface area (Å²) >= 11 is 0. The lowest BCUT2D eigenvalue weighted by Crippen LogP contribution is -1.81. The Hall–Kier alpha value is -1.24. The van der Waals surface area contributed by atoms with Gasteiger partial charge in [0, 0.05) is 0 Å². The molecule has 0 rings (SSSR count). The monoisotopic (exact) mass is 289 g/mol. The minimum absolute atomic E-state index is 1.20. The van der Waals surface area contributed by atoms with Crippen LogP contribution in [0.3, 0.4) is 0 Å². The lowest BCUT2D eigenvalue weighted by atomic mass is 10.1. The quantitative estimate of drug-likeness (QED) is 0.289. The van der Waals surface area contributed by atoms with Crippen LogP contribution < -0.4 is 5.73 Å². The summed E-state index contributed by atoms with van der Waals surface area (Å²) in [5.41, 5.74) is 5.23. The first kappa shape index (κ1) is 19.8. The molecule has 0 aromatic heterocycles. The Morgan fingerprint density at radius 3 is 1.62 bits per heavy atom. The second-order valence-electron chi connectivity index (χ2n) is 5.55. The van der Waals surface area contributed by atoms with Crippen molar-refractivity contribution in [2.24, 2.45) is 5.73 Å². The molecule has 1 nitrogen and oxygen atoms in total. The summed E-state index contributed by atoms with van der Waals surface area (Å²) in [5, 5.41) is 0. The zero-order valence-corrected chi connectivity index (χ0v) is 14.0. The summed E-state index contributed by atoms with van der Waals surface area (Å²) in [6.07, 6.45) is 31.0. The van der Waals surface area contributed by atoms with E-state index in [0.29, 0.717) is 0 Å². The predicted octanol–water partition coefficient (Wildman–Crippen LogP) is 6.44. The minimum Gasteiger partial charge on any atom is -0.405 e. The molecule has 0 amide bonds. The molecule has 0 aliphatic carbocycles. The van der Waals surface area contributed by atoms with Gasteiger partial charge in [0.05, 0.1) is 0 Å². The largest absolute Gasteiger partial charge is 0.405 e. The van der Waals surface area contributed by atoms with Crippen molar-refractivity contribution in [1.82, 2.24) is 0 Å². The van der Waals surface area contributed by atoms with Crippen molar-refractivity contribution in [3.8, 4) is 0 Å². The number of nitrogens with two attached hydrogens (primary N) is 1. The molecule has 0 aromatic carbocycles. The number of hydrogen-bond acceptors (Lipinski definition) is 1. The number of allylic oxidation sites excluding steroid dienone is 7. The average Bonchev–Trinajstić information content (AvgIpc) is 2.50. The molecule has 0 unspecified atom stereocenters. The first-order chi connectivity index (χ1) is 10.4. The topological polar surface area (TPSA) is 26.0 Å². The Morgan fingerprint density at radius 1 is 0.571 bits per heavy atom. The molecule has 0 radical (unpaired) electrons. The van der Waals surface area contributed by atoms with Crippen molar-refractivity contribution < 1.29 is 0 Å². The first-order valence-corrected chi connectivity index (χ1v) is 8.78. The Morgan fingerprint density at radius 2 is 1.05 bits per heavy atom. The number of rotatable bonds is 14. The van der Waals surface area contributed by atoms with Crippen LogP contribution in [0.5, 0.6) is 0 Å². The molecule has 0 spiro atoms. The van der Waals surface area contributed by atoms with E-state index in [-0.39, 0.29) is 0 Å². The molecule has 0 heterocycles. The molecule has 0 saturated heterocycles. The minimum atomic E-state index is 1.20. The van der Waals surface area contributed by atoms with E-state index in [1.54, 1.807) is 0 Å². The van der Waals surface area contributed by atoms with Gasteiger partial charge < -0.3 is 5.73 Å². The van der Waals surface area contributed by atoms with Crippen LogP contribution in [0.25, 0.3) is 0 Å². The van der Waals surface area contributed by atoms with Crippen LogP contribution in [0.15, 0.2) is 48.7 Å². The Bertz CT molecular complexity index is 297. The normalized spacial score (nSPS) is 12.6. The average molecular weight is 290 g/mol. The van der Waals surface area contributed by atoms with Gasteiger partial charge >= 0.3 is 0 Å². The van der Waals surface area contributed by atoms with Gasteiger partial charge in [-0.1, -0.05) is 101 Å². The summed E-state index contributed by atoms with van der Waals surface area (Å²) in [7, 11) is 0. The van der Waals surface area contributed by atoms with E-state index >= 15 is 0 Å². The van der Waals surface area contributed by atoms with E-state index < -0.39 is 0 Å². The fraction of sp³-hybridized carbons (Fsp3) is 0.600. The third-order valence-electron chi connectivity index (χ3n) is 3.53. The Kier molecular flexibility index (Phi) is 17.7. The van der Waals surface area contributed by atoms with Gasteiger partial charge in [-0.3, -0.25) is 0 Å². The van der Waals surface area contributed by atoms with Crippen LogP contribution in [0.4, 0.5) is 0 Å². The summed E-state index contributed by atoms with van der Waals surface area (Å²) < 4.78 is 0. The molecule has 0 bridgehead atoms. The maximum absolute atomic E-state index is 5.23. The molecular weight excluding hydrogens is 254 g/mol. The van der Waals surface area contributed by atoms with Crippen molar-refractivity contribution >= 4 is 0 Å². The van der Waals surface area contributed by atoms with Crippen LogP contribution >= 0.6 is 0 Å². The molecule has 0 fully saturated rings. The van der Waals surface area contributed by atoms with Crippen molar-refractivity contribution in [2.45, 2.75) is 77.6 Å². The van der Waals surface area contributed by atoms with Crippen molar-refractivity contribution in [3.63, 3.8) is 0 Å². The SMILES string of the molecule is CCCCCCCCCCCC/C=C/C=C/C=C/C=C/N. The van der Waals surface area contributed by atoms with E-state index in [9.17, 15) is 0 Å².